The van der Waals surface area contributed by atoms with E-state index in [1.807, 2.05) is 30.5 Å². The zero-order valence-corrected chi connectivity index (χ0v) is 20.9. The summed E-state index contributed by atoms with van der Waals surface area (Å²) < 4.78 is 11.1. The number of aromatic nitrogens is 1. The van der Waals surface area contributed by atoms with Gasteiger partial charge in [-0.15, -0.1) is 12.4 Å². The van der Waals surface area contributed by atoms with Crippen LogP contribution in [0.25, 0.3) is 22.0 Å². The van der Waals surface area contributed by atoms with Crippen molar-refractivity contribution in [2.24, 2.45) is 0 Å². The highest BCUT2D eigenvalue weighted by Crippen LogP contribution is 2.34. The molecule has 6 heteroatoms. The molecule has 0 unspecified atom stereocenters. The molecule has 1 aromatic heterocycles. The van der Waals surface area contributed by atoms with Crippen LogP contribution in [0.5, 0.6) is 11.5 Å². The Labute approximate surface area is 208 Å². The fraction of sp³-hybridized carbons (Fsp3) is 0.250. The summed E-state index contributed by atoms with van der Waals surface area (Å²) in [6.07, 6.45) is 1.94. The summed E-state index contributed by atoms with van der Waals surface area (Å²) in [6, 6.07) is 25.4. The van der Waals surface area contributed by atoms with Crippen molar-refractivity contribution in [1.82, 2.24) is 10.3 Å². The van der Waals surface area contributed by atoms with Crippen molar-refractivity contribution in [3.8, 4) is 22.6 Å². The Bertz CT molecular complexity index is 1190. The van der Waals surface area contributed by atoms with Crippen LogP contribution in [0, 0.1) is 0 Å². The number of pyridine rings is 1. The Morgan fingerprint density at radius 2 is 1.53 bits per heavy atom. The summed E-state index contributed by atoms with van der Waals surface area (Å²) in [5.41, 5.74) is 5.35. The molecule has 0 saturated carbocycles. The second kappa shape index (κ2) is 11.7. The average Bonchev–Trinajstić information content (AvgIpc) is 2.86. The lowest BCUT2D eigenvalue weighted by Crippen LogP contribution is -2.32. The van der Waals surface area contributed by atoms with E-state index in [4.69, 9.17) is 14.5 Å². The standard InChI is InChI=1S/C28H31N3O2.ClH/c1-20(2)29-12-13-31(25-16-26(32-3)18-27(17-25)33-4)24-10-11-28-22(15-24)14-23(19-30-28)21-8-6-5-7-9-21;/h5-11,14-20,29H,12-13H2,1-4H3;1H. The van der Waals surface area contributed by atoms with E-state index in [1.54, 1.807) is 14.2 Å². The molecule has 0 amide bonds. The molecule has 0 aliphatic heterocycles. The largest absolute Gasteiger partial charge is 0.497 e. The molecular weight excluding hydrogens is 446 g/mol. The van der Waals surface area contributed by atoms with Crippen LogP contribution in [0.2, 0.25) is 0 Å². The number of benzene rings is 3. The molecule has 0 aliphatic carbocycles. The number of ether oxygens (including phenoxy) is 2. The number of anilines is 2. The summed E-state index contributed by atoms with van der Waals surface area (Å²) in [6.45, 7) is 5.96. The third-order valence-electron chi connectivity index (χ3n) is 5.62. The van der Waals surface area contributed by atoms with E-state index >= 15 is 0 Å². The van der Waals surface area contributed by atoms with E-state index in [2.05, 4.69) is 72.6 Å². The number of rotatable bonds is 9. The number of halogens is 1. The third-order valence-corrected chi connectivity index (χ3v) is 5.62. The van der Waals surface area contributed by atoms with E-state index in [0.717, 1.165) is 58.0 Å². The SMILES string of the molecule is COc1cc(OC)cc(N(CCNC(C)C)c2ccc3ncc(-c4ccccc4)cc3c2)c1.Cl. The van der Waals surface area contributed by atoms with Gasteiger partial charge in [0.05, 0.1) is 19.7 Å². The second-order valence-corrected chi connectivity index (χ2v) is 8.30. The highest BCUT2D eigenvalue weighted by Gasteiger charge is 2.14. The van der Waals surface area contributed by atoms with Crippen molar-refractivity contribution < 1.29 is 9.47 Å². The fourth-order valence-electron chi connectivity index (χ4n) is 3.90. The maximum Gasteiger partial charge on any atom is 0.124 e. The molecule has 0 spiro atoms. The van der Waals surface area contributed by atoms with Crippen molar-refractivity contribution in [2.75, 3.05) is 32.2 Å². The normalized spacial score (nSPS) is 10.7. The lowest BCUT2D eigenvalue weighted by atomic mass is 10.0. The maximum absolute atomic E-state index is 5.53. The minimum absolute atomic E-state index is 0. The Morgan fingerprint density at radius 3 is 2.18 bits per heavy atom. The van der Waals surface area contributed by atoms with Crippen LogP contribution in [0.3, 0.4) is 0 Å². The van der Waals surface area contributed by atoms with Crippen LogP contribution < -0.4 is 19.7 Å². The zero-order chi connectivity index (χ0) is 23.2. The van der Waals surface area contributed by atoms with Gasteiger partial charge in [-0.1, -0.05) is 44.2 Å². The van der Waals surface area contributed by atoms with Gasteiger partial charge in [-0.3, -0.25) is 4.98 Å². The smallest absolute Gasteiger partial charge is 0.124 e. The molecule has 34 heavy (non-hydrogen) atoms. The monoisotopic (exact) mass is 477 g/mol. The van der Waals surface area contributed by atoms with Gasteiger partial charge >= 0.3 is 0 Å². The molecule has 0 atom stereocenters. The van der Waals surface area contributed by atoms with Crippen molar-refractivity contribution in [3.63, 3.8) is 0 Å². The number of nitrogens with one attached hydrogen (secondary N) is 1. The van der Waals surface area contributed by atoms with Gasteiger partial charge in [0.1, 0.15) is 11.5 Å². The molecule has 1 heterocycles. The quantitative estimate of drug-likeness (QED) is 0.299. The first-order valence-corrected chi connectivity index (χ1v) is 11.3. The molecule has 4 rings (SSSR count). The van der Waals surface area contributed by atoms with Gasteiger partial charge in [0.15, 0.2) is 0 Å². The molecule has 178 valence electrons. The van der Waals surface area contributed by atoms with Crippen LogP contribution in [-0.4, -0.2) is 38.3 Å². The highest BCUT2D eigenvalue weighted by atomic mass is 35.5. The van der Waals surface area contributed by atoms with Gasteiger partial charge in [-0.2, -0.15) is 0 Å². The summed E-state index contributed by atoms with van der Waals surface area (Å²) in [7, 11) is 3.35. The zero-order valence-electron chi connectivity index (χ0n) is 20.1. The van der Waals surface area contributed by atoms with Crippen molar-refractivity contribution in [2.45, 2.75) is 19.9 Å². The van der Waals surface area contributed by atoms with Crippen LogP contribution in [0.15, 0.2) is 79.0 Å². The molecule has 3 aromatic carbocycles. The summed E-state index contributed by atoms with van der Waals surface area (Å²) >= 11 is 0. The number of hydrogen-bond acceptors (Lipinski definition) is 5. The first-order valence-electron chi connectivity index (χ1n) is 11.3. The van der Waals surface area contributed by atoms with Crippen LogP contribution in [-0.2, 0) is 0 Å². The van der Waals surface area contributed by atoms with Crippen LogP contribution in [0.1, 0.15) is 13.8 Å². The van der Waals surface area contributed by atoms with Crippen molar-refractivity contribution in [3.05, 3.63) is 79.0 Å². The van der Waals surface area contributed by atoms with Gasteiger partial charge in [0, 0.05) is 65.9 Å². The predicted molar refractivity (Wildman–Crippen MR) is 144 cm³/mol. The highest BCUT2D eigenvalue weighted by molar-refractivity contribution is 5.87. The molecule has 0 radical (unpaired) electrons. The van der Waals surface area contributed by atoms with Crippen LogP contribution >= 0.6 is 12.4 Å². The predicted octanol–water partition coefficient (Wildman–Crippen LogP) is 6.48. The van der Waals surface area contributed by atoms with Crippen molar-refractivity contribution in [1.29, 1.82) is 0 Å². The number of nitrogens with zero attached hydrogens (tertiary/aromatic N) is 2. The van der Waals surface area contributed by atoms with E-state index in [0.29, 0.717) is 6.04 Å². The first kappa shape index (κ1) is 25.3. The molecule has 0 fully saturated rings. The number of hydrogen-bond donors (Lipinski definition) is 1. The van der Waals surface area contributed by atoms with E-state index in [9.17, 15) is 0 Å². The lowest BCUT2D eigenvalue weighted by molar-refractivity contribution is 0.394. The second-order valence-electron chi connectivity index (χ2n) is 8.30. The molecule has 5 nitrogen and oxygen atoms in total. The fourth-order valence-corrected chi connectivity index (χ4v) is 3.90. The van der Waals surface area contributed by atoms with Gasteiger partial charge < -0.3 is 19.7 Å². The summed E-state index contributed by atoms with van der Waals surface area (Å²) in [5.74, 6) is 1.53. The topological polar surface area (TPSA) is 46.6 Å². The van der Waals surface area contributed by atoms with Gasteiger partial charge in [-0.05, 0) is 29.8 Å². The minimum atomic E-state index is 0. The van der Waals surface area contributed by atoms with Gasteiger partial charge in [-0.25, -0.2) is 0 Å². The maximum atomic E-state index is 5.53. The minimum Gasteiger partial charge on any atom is -0.497 e. The summed E-state index contributed by atoms with van der Waals surface area (Å²) in [4.78, 5) is 6.99. The van der Waals surface area contributed by atoms with E-state index in [1.165, 1.54) is 0 Å². The molecule has 0 aliphatic rings. The van der Waals surface area contributed by atoms with Crippen LogP contribution in [0.4, 0.5) is 11.4 Å². The molecule has 0 bridgehead atoms. The van der Waals surface area contributed by atoms with Crippen molar-refractivity contribution >= 4 is 34.7 Å². The van der Waals surface area contributed by atoms with E-state index < -0.39 is 0 Å². The molecule has 0 saturated heterocycles. The molecule has 1 N–H and O–H groups in total. The Morgan fingerprint density at radius 1 is 0.824 bits per heavy atom. The third kappa shape index (κ3) is 5.99. The van der Waals surface area contributed by atoms with Gasteiger partial charge in [0.2, 0.25) is 0 Å². The first-order chi connectivity index (χ1) is 16.1. The van der Waals surface area contributed by atoms with E-state index in [-0.39, 0.29) is 12.4 Å². The molecular formula is C28H32ClN3O2. The Hall–Kier alpha value is -3.28. The summed E-state index contributed by atoms with van der Waals surface area (Å²) in [5, 5.41) is 4.63. The Balaban J connectivity index is 0.00000324. The lowest BCUT2D eigenvalue weighted by Gasteiger charge is -2.27. The van der Waals surface area contributed by atoms with Gasteiger partial charge in [0.25, 0.3) is 0 Å². The number of methoxy groups -OCH3 is 2. The average molecular weight is 478 g/mol. The molecule has 4 aromatic rings. The number of fused-ring (bicyclic) bond motifs is 1. The Kier molecular flexibility index (Phi) is 8.74.